The summed E-state index contributed by atoms with van der Waals surface area (Å²) in [6, 6.07) is 7.62. The Kier molecular flexibility index (Phi) is 7.54. The molecule has 1 aromatic heterocycles. The number of nitrogens with zero attached hydrogens (tertiary/aromatic N) is 3. The molecule has 11 heteroatoms. The van der Waals surface area contributed by atoms with Crippen LogP contribution < -0.4 is 10.1 Å². The molecule has 0 spiro atoms. The number of carbonyl (C=O) groups is 2. The molecule has 0 atom stereocenters. The first-order valence-corrected chi connectivity index (χ1v) is 10.2. The lowest BCUT2D eigenvalue weighted by Crippen LogP contribution is -2.42. The van der Waals surface area contributed by atoms with Crippen LogP contribution in [-0.4, -0.2) is 68.7 Å². The molecule has 0 radical (unpaired) electrons. The van der Waals surface area contributed by atoms with Gasteiger partial charge in [0.05, 0.1) is 25.9 Å². The van der Waals surface area contributed by atoms with Crippen molar-refractivity contribution in [1.82, 2.24) is 14.2 Å². The number of aromatic nitrogens is 1. The van der Waals surface area contributed by atoms with Gasteiger partial charge in [-0.2, -0.15) is 4.31 Å². The molecule has 1 N–H and O–H groups in total. The summed E-state index contributed by atoms with van der Waals surface area (Å²) in [6.45, 7) is -0.712. The van der Waals surface area contributed by atoms with Crippen molar-refractivity contribution < 1.29 is 22.7 Å². The second-order valence-corrected chi connectivity index (χ2v) is 8.57. The lowest BCUT2D eigenvalue weighted by atomic mass is 10.3. The zero-order valence-electron chi connectivity index (χ0n) is 16.1. The van der Waals surface area contributed by atoms with Gasteiger partial charge in [-0.25, -0.2) is 8.42 Å². The van der Waals surface area contributed by atoms with E-state index in [1.807, 2.05) is 0 Å². The van der Waals surface area contributed by atoms with Crippen LogP contribution in [0.3, 0.4) is 0 Å². The summed E-state index contributed by atoms with van der Waals surface area (Å²) in [4.78, 5) is 29.5. The maximum atomic E-state index is 12.5. The standard InChI is InChI=1S/C18H21ClN4O5S/c1-22(11-17(24)21-15-9-13(19)6-7-16(15)28-3)18(25)12-23(2)29(26,27)14-5-4-8-20-10-14/h4-10H,11-12H2,1-3H3,(H,21,24). The van der Waals surface area contributed by atoms with E-state index in [1.165, 1.54) is 51.8 Å². The number of methoxy groups -OCH3 is 1. The molecule has 2 amide bonds. The first kappa shape index (κ1) is 22.6. The van der Waals surface area contributed by atoms with Gasteiger partial charge in [-0.15, -0.1) is 0 Å². The Morgan fingerprint density at radius 1 is 1.21 bits per heavy atom. The maximum absolute atomic E-state index is 12.5. The minimum Gasteiger partial charge on any atom is -0.495 e. The third-order valence-electron chi connectivity index (χ3n) is 3.94. The van der Waals surface area contributed by atoms with E-state index in [9.17, 15) is 18.0 Å². The molecule has 1 aromatic carbocycles. The summed E-state index contributed by atoms with van der Waals surface area (Å²) in [5.41, 5.74) is 0.363. The van der Waals surface area contributed by atoms with Crippen molar-refractivity contribution in [3.63, 3.8) is 0 Å². The van der Waals surface area contributed by atoms with E-state index in [0.717, 1.165) is 9.21 Å². The average Bonchev–Trinajstić information content (AvgIpc) is 2.68. The topological polar surface area (TPSA) is 109 Å². The first-order chi connectivity index (χ1) is 13.6. The van der Waals surface area contributed by atoms with E-state index in [1.54, 1.807) is 12.1 Å². The molecule has 0 aliphatic heterocycles. The molecule has 0 unspecified atom stereocenters. The number of amides is 2. The minimum atomic E-state index is -3.87. The van der Waals surface area contributed by atoms with Gasteiger partial charge in [-0.1, -0.05) is 11.6 Å². The van der Waals surface area contributed by atoms with Gasteiger partial charge in [0.2, 0.25) is 21.8 Å². The van der Waals surface area contributed by atoms with Gasteiger partial charge in [0.15, 0.2) is 0 Å². The maximum Gasteiger partial charge on any atom is 0.244 e. The third kappa shape index (κ3) is 5.89. The Bertz CT molecular complexity index is 985. The number of ether oxygens (including phenoxy) is 1. The van der Waals surface area contributed by atoms with Gasteiger partial charge in [0.25, 0.3) is 0 Å². The van der Waals surface area contributed by atoms with Crippen molar-refractivity contribution in [2.45, 2.75) is 4.90 Å². The highest BCUT2D eigenvalue weighted by Gasteiger charge is 2.25. The van der Waals surface area contributed by atoms with E-state index < -0.39 is 28.4 Å². The third-order valence-corrected chi connectivity index (χ3v) is 5.96. The molecule has 0 saturated carbocycles. The number of hydrogen-bond acceptors (Lipinski definition) is 6. The molecule has 0 aliphatic rings. The Morgan fingerprint density at radius 3 is 2.55 bits per heavy atom. The van der Waals surface area contributed by atoms with Crippen molar-refractivity contribution in [2.24, 2.45) is 0 Å². The van der Waals surface area contributed by atoms with E-state index in [2.05, 4.69) is 10.3 Å². The fourth-order valence-electron chi connectivity index (χ4n) is 2.35. The second kappa shape index (κ2) is 9.68. The minimum absolute atomic E-state index is 0.0243. The molecule has 9 nitrogen and oxygen atoms in total. The highest BCUT2D eigenvalue weighted by atomic mass is 35.5. The van der Waals surface area contributed by atoms with Crippen LogP contribution in [0.2, 0.25) is 5.02 Å². The van der Waals surface area contributed by atoms with E-state index in [4.69, 9.17) is 16.3 Å². The lowest BCUT2D eigenvalue weighted by molar-refractivity contribution is -0.133. The van der Waals surface area contributed by atoms with Crippen molar-refractivity contribution in [1.29, 1.82) is 0 Å². The molecule has 2 rings (SSSR count). The number of pyridine rings is 1. The number of carbonyl (C=O) groups excluding carboxylic acids is 2. The fraction of sp³-hybridized carbons (Fsp3) is 0.278. The molecular formula is C18H21ClN4O5S. The van der Waals surface area contributed by atoms with Crippen molar-refractivity contribution >= 4 is 39.1 Å². The van der Waals surface area contributed by atoms with Crippen molar-refractivity contribution in [3.05, 3.63) is 47.7 Å². The molecule has 0 aliphatic carbocycles. The number of hydrogen-bond donors (Lipinski definition) is 1. The van der Waals surface area contributed by atoms with Crippen LogP contribution in [0.25, 0.3) is 0 Å². The predicted octanol–water partition coefficient (Wildman–Crippen LogP) is 1.46. The van der Waals surface area contributed by atoms with Crippen LogP contribution >= 0.6 is 11.6 Å². The molecule has 29 heavy (non-hydrogen) atoms. The van der Waals surface area contributed by atoms with E-state index in [-0.39, 0.29) is 11.4 Å². The number of rotatable bonds is 8. The Labute approximate surface area is 174 Å². The summed E-state index contributed by atoms with van der Waals surface area (Å²) < 4.78 is 31.0. The van der Waals surface area contributed by atoms with Crippen LogP contribution in [0.1, 0.15) is 0 Å². The molecule has 0 fully saturated rings. The van der Waals surface area contributed by atoms with Gasteiger partial charge >= 0.3 is 0 Å². The Balaban J connectivity index is 1.98. The van der Waals surface area contributed by atoms with Crippen molar-refractivity contribution in [3.8, 4) is 5.75 Å². The van der Waals surface area contributed by atoms with Gasteiger partial charge in [-0.05, 0) is 30.3 Å². The second-order valence-electron chi connectivity index (χ2n) is 6.09. The monoisotopic (exact) mass is 440 g/mol. The van der Waals surface area contributed by atoms with Gasteiger partial charge < -0.3 is 15.0 Å². The number of halogens is 1. The zero-order chi connectivity index (χ0) is 21.6. The summed E-state index contributed by atoms with van der Waals surface area (Å²) in [5.74, 6) is -0.619. The van der Waals surface area contributed by atoms with Crippen LogP contribution in [-0.2, 0) is 19.6 Å². The average molecular weight is 441 g/mol. The lowest BCUT2D eigenvalue weighted by Gasteiger charge is -2.21. The summed E-state index contributed by atoms with van der Waals surface area (Å²) in [5, 5.41) is 3.03. The number of benzene rings is 1. The molecule has 156 valence electrons. The summed E-state index contributed by atoms with van der Waals surface area (Å²) >= 11 is 5.93. The fourth-order valence-corrected chi connectivity index (χ4v) is 3.60. The van der Waals surface area contributed by atoms with Crippen molar-refractivity contribution in [2.75, 3.05) is 39.6 Å². The van der Waals surface area contributed by atoms with Gasteiger partial charge in [0.1, 0.15) is 10.6 Å². The summed E-state index contributed by atoms with van der Waals surface area (Å²) in [6.07, 6.45) is 2.65. The SMILES string of the molecule is COc1ccc(Cl)cc1NC(=O)CN(C)C(=O)CN(C)S(=O)(=O)c1cccnc1. The molecule has 0 saturated heterocycles. The highest BCUT2D eigenvalue weighted by Crippen LogP contribution is 2.27. The van der Waals surface area contributed by atoms with Crippen LogP contribution in [0.15, 0.2) is 47.6 Å². The molecule has 1 heterocycles. The number of nitrogens with one attached hydrogen (secondary N) is 1. The van der Waals surface area contributed by atoms with Crippen LogP contribution in [0, 0.1) is 0 Å². The predicted molar refractivity (Wildman–Crippen MR) is 108 cm³/mol. The number of anilines is 1. The van der Waals surface area contributed by atoms with E-state index >= 15 is 0 Å². The Hall–Kier alpha value is -2.69. The zero-order valence-corrected chi connectivity index (χ0v) is 17.7. The highest BCUT2D eigenvalue weighted by molar-refractivity contribution is 7.89. The van der Waals surface area contributed by atoms with Crippen LogP contribution in [0.4, 0.5) is 5.69 Å². The quantitative estimate of drug-likeness (QED) is 0.665. The smallest absolute Gasteiger partial charge is 0.244 e. The largest absolute Gasteiger partial charge is 0.495 e. The van der Waals surface area contributed by atoms with E-state index in [0.29, 0.717) is 16.5 Å². The van der Waals surface area contributed by atoms with Crippen LogP contribution in [0.5, 0.6) is 5.75 Å². The van der Waals surface area contributed by atoms with Gasteiger partial charge in [-0.3, -0.25) is 14.6 Å². The summed E-state index contributed by atoms with van der Waals surface area (Å²) in [7, 11) is 0.272. The number of likely N-dealkylation sites (N-methyl/N-ethyl adjacent to an activating group) is 2. The molecule has 0 bridgehead atoms. The first-order valence-electron chi connectivity index (χ1n) is 8.39. The number of sulfonamides is 1. The molecular weight excluding hydrogens is 420 g/mol. The normalized spacial score (nSPS) is 11.2. The molecule has 2 aromatic rings. The Morgan fingerprint density at radius 2 is 1.93 bits per heavy atom. The van der Waals surface area contributed by atoms with Gasteiger partial charge in [0, 0.05) is 31.5 Å².